The van der Waals surface area contributed by atoms with E-state index in [2.05, 4.69) is 5.32 Å². The van der Waals surface area contributed by atoms with Crippen molar-refractivity contribution >= 4 is 23.6 Å². The molecule has 0 saturated carbocycles. The van der Waals surface area contributed by atoms with Crippen molar-refractivity contribution in [1.29, 1.82) is 0 Å². The molecule has 27 heavy (non-hydrogen) atoms. The number of nitrogens with zero attached hydrogens (tertiary/aromatic N) is 1. The van der Waals surface area contributed by atoms with E-state index in [-0.39, 0.29) is 11.5 Å². The number of methoxy groups -OCH3 is 1. The zero-order valence-electron chi connectivity index (χ0n) is 15.4. The van der Waals surface area contributed by atoms with Gasteiger partial charge in [0.25, 0.3) is 5.56 Å². The Labute approximate surface area is 163 Å². The van der Waals surface area contributed by atoms with Crippen molar-refractivity contribution in [2.24, 2.45) is 0 Å². The summed E-state index contributed by atoms with van der Waals surface area (Å²) in [5.41, 5.74) is 0.714. The van der Waals surface area contributed by atoms with Gasteiger partial charge in [-0.1, -0.05) is 17.7 Å². The Hall–Kier alpha value is -2.73. The number of amides is 1. The Bertz CT molecular complexity index is 861. The van der Waals surface area contributed by atoms with Crippen LogP contribution in [0, 0.1) is 0 Å². The molecule has 1 amide bonds. The minimum Gasteiger partial charge on any atom is -0.493 e. The van der Waals surface area contributed by atoms with E-state index in [0.717, 1.165) is 5.56 Å². The van der Waals surface area contributed by atoms with Crippen LogP contribution in [-0.4, -0.2) is 30.7 Å². The van der Waals surface area contributed by atoms with E-state index < -0.39 is 0 Å². The molecular formula is C20H23ClN2O4. The van der Waals surface area contributed by atoms with Crippen LogP contribution in [0.1, 0.15) is 18.9 Å². The van der Waals surface area contributed by atoms with Gasteiger partial charge in [0.2, 0.25) is 5.91 Å². The molecule has 1 aromatic heterocycles. The molecule has 144 valence electrons. The van der Waals surface area contributed by atoms with Gasteiger partial charge in [-0.25, -0.2) is 0 Å². The van der Waals surface area contributed by atoms with E-state index in [1.54, 1.807) is 31.5 Å². The van der Waals surface area contributed by atoms with E-state index >= 15 is 0 Å². The first-order valence-electron chi connectivity index (χ1n) is 8.66. The SMILES string of the molecule is CCOc1ccc(/C=C/C(=O)NCCCn2cc(Cl)ccc2=O)cc1OC. The van der Waals surface area contributed by atoms with Crippen LogP contribution in [-0.2, 0) is 11.3 Å². The minimum atomic E-state index is -0.207. The number of ether oxygens (including phenoxy) is 2. The number of halogens is 1. The molecule has 0 spiro atoms. The Balaban J connectivity index is 1.83. The molecule has 0 fully saturated rings. The van der Waals surface area contributed by atoms with Crippen LogP contribution in [0.25, 0.3) is 6.08 Å². The van der Waals surface area contributed by atoms with Crippen LogP contribution in [0.4, 0.5) is 0 Å². The van der Waals surface area contributed by atoms with Crippen molar-refractivity contribution in [3.05, 3.63) is 63.5 Å². The lowest BCUT2D eigenvalue weighted by Crippen LogP contribution is -2.25. The average Bonchev–Trinajstić information content (AvgIpc) is 2.67. The fourth-order valence-corrected chi connectivity index (χ4v) is 2.61. The van der Waals surface area contributed by atoms with E-state index in [0.29, 0.717) is 42.6 Å². The minimum absolute atomic E-state index is 0.116. The fourth-order valence-electron chi connectivity index (χ4n) is 2.43. The molecule has 0 atom stereocenters. The summed E-state index contributed by atoms with van der Waals surface area (Å²) in [5.74, 6) is 1.07. The molecule has 0 bridgehead atoms. The number of hydrogen-bond donors (Lipinski definition) is 1. The van der Waals surface area contributed by atoms with Crippen molar-refractivity contribution < 1.29 is 14.3 Å². The summed E-state index contributed by atoms with van der Waals surface area (Å²) in [7, 11) is 1.57. The maximum Gasteiger partial charge on any atom is 0.250 e. The molecular weight excluding hydrogens is 368 g/mol. The lowest BCUT2D eigenvalue weighted by atomic mass is 10.2. The summed E-state index contributed by atoms with van der Waals surface area (Å²) in [4.78, 5) is 23.6. The number of carbonyl (C=O) groups is 1. The number of hydrogen-bond acceptors (Lipinski definition) is 4. The van der Waals surface area contributed by atoms with Crippen molar-refractivity contribution in [3.63, 3.8) is 0 Å². The molecule has 0 aliphatic heterocycles. The van der Waals surface area contributed by atoms with Crippen LogP contribution in [0.15, 0.2) is 47.4 Å². The van der Waals surface area contributed by atoms with Crippen molar-refractivity contribution in [3.8, 4) is 11.5 Å². The van der Waals surface area contributed by atoms with Gasteiger partial charge >= 0.3 is 0 Å². The molecule has 0 radical (unpaired) electrons. The van der Waals surface area contributed by atoms with Gasteiger partial charge in [0.05, 0.1) is 18.7 Å². The van der Waals surface area contributed by atoms with Crippen molar-refractivity contribution in [1.82, 2.24) is 9.88 Å². The van der Waals surface area contributed by atoms with Gasteiger partial charge in [-0.15, -0.1) is 0 Å². The van der Waals surface area contributed by atoms with E-state index in [1.165, 1.54) is 16.7 Å². The Morgan fingerprint density at radius 1 is 1.26 bits per heavy atom. The van der Waals surface area contributed by atoms with E-state index in [9.17, 15) is 9.59 Å². The number of carbonyl (C=O) groups excluding carboxylic acids is 1. The van der Waals surface area contributed by atoms with Gasteiger partial charge in [-0.3, -0.25) is 9.59 Å². The highest BCUT2D eigenvalue weighted by molar-refractivity contribution is 6.30. The van der Waals surface area contributed by atoms with E-state index in [1.807, 2.05) is 19.1 Å². The zero-order valence-corrected chi connectivity index (χ0v) is 16.2. The molecule has 1 aromatic carbocycles. The highest BCUT2D eigenvalue weighted by atomic mass is 35.5. The number of aryl methyl sites for hydroxylation is 1. The maximum absolute atomic E-state index is 11.9. The van der Waals surface area contributed by atoms with Gasteiger partial charge in [-0.05, 0) is 43.2 Å². The highest BCUT2D eigenvalue weighted by Crippen LogP contribution is 2.28. The van der Waals surface area contributed by atoms with Crippen molar-refractivity contribution in [2.75, 3.05) is 20.3 Å². The third kappa shape index (κ3) is 6.49. The third-order valence-electron chi connectivity index (χ3n) is 3.74. The lowest BCUT2D eigenvalue weighted by Gasteiger charge is -2.09. The Morgan fingerprint density at radius 2 is 2.07 bits per heavy atom. The quantitative estimate of drug-likeness (QED) is 0.527. The molecule has 1 heterocycles. The highest BCUT2D eigenvalue weighted by Gasteiger charge is 2.04. The number of benzene rings is 1. The van der Waals surface area contributed by atoms with Crippen molar-refractivity contribution in [2.45, 2.75) is 19.9 Å². The van der Waals surface area contributed by atoms with Crippen LogP contribution < -0.4 is 20.3 Å². The van der Waals surface area contributed by atoms with Crippen LogP contribution in [0.2, 0.25) is 5.02 Å². The molecule has 0 aliphatic carbocycles. The first-order chi connectivity index (χ1) is 13.0. The maximum atomic E-state index is 11.9. The van der Waals surface area contributed by atoms with Gasteiger partial charge in [-0.2, -0.15) is 0 Å². The van der Waals surface area contributed by atoms with Gasteiger partial charge < -0.3 is 19.4 Å². The second-order valence-electron chi connectivity index (χ2n) is 5.70. The number of rotatable bonds is 9. The number of aromatic nitrogens is 1. The Morgan fingerprint density at radius 3 is 2.81 bits per heavy atom. The predicted molar refractivity (Wildman–Crippen MR) is 107 cm³/mol. The van der Waals surface area contributed by atoms with Gasteiger partial charge in [0.1, 0.15) is 0 Å². The second-order valence-corrected chi connectivity index (χ2v) is 6.14. The summed E-state index contributed by atoms with van der Waals surface area (Å²) < 4.78 is 12.3. The summed E-state index contributed by atoms with van der Waals surface area (Å²) in [6.45, 7) is 3.39. The van der Waals surface area contributed by atoms with E-state index in [4.69, 9.17) is 21.1 Å². The molecule has 0 saturated heterocycles. The molecule has 1 N–H and O–H groups in total. The monoisotopic (exact) mass is 390 g/mol. The summed E-state index contributed by atoms with van der Waals surface area (Å²) in [5, 5.41) is 3.29. The molecule has 7 heteroatoms. The Kier molecular flexibility index (Phi) is 7.95. The second kappa shape index (κ2) is 10.4. The fraction of sp³-hybridized carbons (Fsp3) is 0.300. The molecule has 2 rings (SSSR count). The molecule has 2 aromatic rings. The topological polar surface area (TPSA) is 69.6 Å². The molecule has 6 nitrogen and oxygen atoms in total. The predicted octanol–water partition coefficient (Wildman–Crippen LogP) is 3.13. The zero-order chi connectivity index (χ0) is 19.6. The van der Waals surface area contributed by atoms with Crippen LogP contribution in [0.5, 0.6) is 11.5 Å². The summed E-state index contributed by atoms with van der Waals surface area (Å²) in [6, 6.07) is 8.45. The largest absolute Gasteiger partial charge is 0.493 e. The normalized spacial score (nSPS) is 10.8. The standard InChI is InChI=1S/C20H23ClN2O4/c1-3-27-17-8-5-15(13-18(17)26-2)6-9-19(24)22-11-4-12-23-14-16(21)7-10-20(23)25/h5-10,13-14H,3-4,11-12H2,1-2H3,(H,22,24)/b9-6+. The summed E-state index contributed by atoms with van der Waals surface area (Å²) >= 11 is 5.87. The molecule has 0 aliphatic rings. The smallest absolute Gasteiger partial charge is 0.250 e. The number of pyridine rings is 1. The first-order valence-corrected chi connectivity index (χ1v) is 9.04. The summed E-state index contributed by atoms with van der Waals surface area (Å²) in [6.07, 6.45) is 5.37. The number of nitrogens with one attached hydrogen (secondary N) is 1. The van der Waals surface area contributed by atoms with Crippen LogP contribution >= 0.6 is 11.6 Å². The molecule has 0 unspecified atom stereocenters. The lowest BCUT2D eigenvalue weighted by molar-refractivity contribution is -0.116. The van der Waals surface area contributed by atoms with Crippen LogP contribution in [0.3, 0.4) is 0 Å². The average molecular weight is 391 g/mol. The van der Waals surface area contributed by atoms with Gasteiger partial charge in [0.15, 0.2) is 11.5 Å². The first kappa shape index (κ1) is 20.6. The third-order valence-corrected chi connectivity index (χ3v) is 3.96. The van der Waals surface area contributed by atoms with Gasteiger partial charge in [0, 0.05) is 31.4 Å².